The fraction of sp³-hybridized carbons (Fsp3) is 0.107. The van der Waals surface area contributed by atoms with E-state index in [1.807, 2.05) is 24.3 Å². The first-order valence-corrected chi connectivity index (χ1v) is 12.5. The van der Waals surface area contributed by atoms with Gasteiger partial charge in [0, 0.05) is 6.92 Å². The summed E-state index contributed by atoms with van der Waals surface area (Å²) in [7, 11) is -0.358. The number of benzene rings is 4. The second-order valence-electron chi connectivity index (χ2n) is 7.58. The number of ether oxygens (including phenoxy) is 2. The zero-order valence-corrected chi connectivity index (χ0v) is 20.3. The maximum atomic E-state index is 11.4. The molecule has 33 heavy (non-hydrogen) atoms. The first kappa shape index (κ1) is 24.5. The van der Waals surface area contributed by atoms with Crippen LogP contribution in [0, 0.1) is 0 Å². The Morgan fingerprint density at radius 3 is 1.76 bits per heavy atom. The molecule has 0 aliphatic rings. The van der Waals surface area contributed by atoms with E-state index in [1.54, 1.807) is 7.11 Å². The highest BCUT2D eigenvalue weighted by atomic mass is 35.5. The van der Waals surface area contributed by atoms with Gasteiger partial charge < -0.3 is 21.9 Å². The summed E-state index contributed by atoms with van der Waals surface area (Å²) in [6, 6.07) is 37.7. The molecule has 0 radical (unpaired) electrons. The van der Waals surface area contributed by atoms with E-state index in [2.05, 4.69) is 84.9 Å². The lowest BCUT2D eigenvalue weighted by atomic mass is 10.2. The average Bonchev–Trinajstić information content (AvgIpc) is 2.84. The lowest BCUT2D eigenvalue weighted by Crippen LogP contribution is -3.00. The van der Waals surface area contributed by atoms with Gasteiger partial charge in [-0.1, -0.05) is 48.5 Å². The summed E-state index contributed by atoms with van der Waals surface area (Å²) in [6.07, 6.45) is 0.852. The topological polar surface area (TPSA) is 35.5 Å². The van der Waals surface area contributed by atoms with Gasteiger partial charge in [0.2, 0.25) is 0 Å². The minimum absolute atomic E-state index is 0. The van der Waals surface area contributed by atoms with Crippen molar-refractivity contribution >= 4 is 29.1 Å². The Labute approximate surface area is 202 Å². The predicted molar refractivity (Wildman–Crippen MR) is 133 cm³/mol. The van der Waals surface area contributed by atoms with Gasteiger partial charge in [-0.25, -0.2) is 0 Å². The summed E-state index contributed by atoms with van der Waals surface area (Å²) in [6.45, 7) is 1.42. The smallest absolute Gasteiger partial charge is 0.308 e. The molecule has 0 saturated heterocycles. The number of hydrogen-bond donors (Lipinski definition) is 0. The van der Waals surface area contributed by atoms with Crippen molar-refractivity contribution < 1.29 is 26.7 Å². The summed E-state index contributed by atoms with van der Waals surface area (Å²) < 4.78 is 10.8. The van der Waals surface area contributed by atoms with Gasteiger partial charge in [-0.2, -0.15) is 0 Å². The Morgan fingerprint density at radius 1 is 0.697 bits per heavy atom. The summed E-state index contributed by atoms with van der Waals surface area (Å²) in [5, 5.41) is 3.83. The highest BCUT2D eigenvalue weighted by molar-refractivity contribution is 7.95. The van der Waals surface area contributed by atoms with Crippen LogP contribution in [0.3, 0.4) is 0 Å². The number of esters is 1. The highest BCUT2D eigenvalue weighted by Gasteiger charge is 2.45. The van der Waals surface area contributed by atoms with Crippen molar-refractivity contribution in [3.05, 3.63) is 115 Å². The van der Waals surface area contributed by atoms with Gasteiger partial charge in [0.15, 0.2) is 0 Å². The average molecular weight is 477 g/mol. The van der Waals surface area contributed by atoms with Crippen LogP contribution in [-0.4, -0.2) is 13.1 Å². The number of rotatable bonds is 7. The zero-order valence-electron chi connectivity index (χ0n) is 18.6. The van der Waals surface area contributed by atoms with E-state index in [0.717, 1.165) is 11.9 Å². The van der Waals surface area contributed by atoms with E-state index in [1.165, 1.54) is 28.4 Å². The Morgan fingerprint density at radius 2 is 1.24 bits per heavy atom. The van der Waals surface area contributed by atoms with Crippen LogP contribution in [0.2, 0.25) is 0 Å². The maximum Gasteiger partial charge on any atom is 0.308 e. The SMILES string of the molecule is COc1cccc(C[P+](c2ccccc2)(c2ccccc2)c2ccc(OC(C)=O)cc2)c1.[Cl-]. The number of carbonyl (C=O) groups is 1. The van der Waals surface area contributed by atoms with Crippen LogP contribution in [0.1, 0.15) is 12.5 Å². The maximum absolute atomic E-state index is 11.4. The minimum Gasteiger partial charge on any atom is -1.00 e. The number of methoxy groups -OCH3 is 1. The van der Waals surface area contributed by atoms with E-state index in [0.29, 0.717) is 5.75 Å². The van der Waals surface area contributed by atoms with Gasteiger partial charge in [0.05, 0.1) is 13.3 Å². The standard InChI is InChI=1S/C28H26O3P.ClH/c1-22(29)31-24-16-18-28(19-17-24)32(26-12-5-3-6-13-26,27-14-7-4-8-15-27)21-23-10-9-11-25(20-23)30-2;/h3-20H,21H2,1-2H3;1H/q+1;/p-1. The number of hydrogen-bond acceptors (Lipinski definition) is 3. The van der Waals surface area contributed by atoms with Gasteiger partial charge in [-0.3, -0.25) is 4.79 Å². The first-order chi connectivity index (χ1) is 15.6. The van der Waals surface area contributed by atoms with Gasteiger partial charge in [-0.05, 0) is 66.2 Å². The molecule has 0 amide bonds. The van der Waals surface area contributed by atoms with Crippen LogP contribution in [0.25, 0.3) is 0 Å². The third-order valence-electron chi connectivity index (χ3n) is 5.49. The molecule has 0 bridgehead atoms. The van der Waals surface area contributed by atoms with Crippen LogP contribution >= 0.6 is 7.26 Å². The molecule has 0 fully saturated rings. The van der Waals surface area contributed by atoms with E-state index < -0.39 is 7.26 Å². The van der Waals surface area contributed by atoms with Gasteiger partial charge in [-0.15, -0.1) is 0 Å². The summed E-state index contributed by atoms with van der Waals surface area (Å²) in [5.41, 5.74) is 1.22. The Bertz CT molecular complexity index is 1140. The quantitative estimate of drug-likeness (QED) is 0.233. The van der Waals surface area contributed by atoms with E-state index >= 15 is 0 Å². The second kappa shape index (κ2) is 11.1. The second-order valence-corrected chi connectivity index (χ2v) is 11.1. The summed E-state index contributed by atoms with van der Waals surface area (Å²) in [5.74, 6) is 1.09. The molecular formula is C28H26ClO3P. The van der Waals surface area contributed by atoms with Gasteiger partial charge in [0.25, 0.3) is 0 Å². The molecule has 0 unspecified atom stereocenters. The van der Waals surface area contributed by atoms with Crippen LogP contribution < -0.4 is 37.8 Å². The molecule has 5 heteroatoms. The molecule has 4 aromatic carbocycles. The number of halogens is 1. The van der Waals surface area contributed by atoms with Crippen LogP contribution in [0.5, 0.6) is 11.5 Å². The van der Waals surface area contributed by atoms with Crippen molar-refractivity contribution in [3.8, 4) is 11.5 Å². The lowest BCUT2D eigenvalue weighted by Gasteiger charge is -2.28. The normalized spacial score (nSPS) is 10.7. The Balaban J connectivity index is 0.00000306. The summed E-state index contributed by atoms with van der Waals surface area (Å²) >= 11 is 0. The first-order valence-electron chi connectivity index (χ1n) is 10.5. The van der Waals surface area contributed by atoms with Crippen molar-refractivity contribution in [2.45, 2.75) is 13.1 Å². The zero-order chi connectivity index (χ0) is 22.4. The molecule has 0 aromatic heterocycles. The molecule has 4 rings (SSSR count). The van der Waals surface area contributed by atoms with Gasteiger partial charge >= 0.3 is 5.97 Å². The van der Waals surface area contributed by atoms with Crippen molar-refractivity contribution in [2.24, 2.45) is 0 Å². The fourth-order valence-electron chi connectivity index (χ4n) is 4.07. The third-order valence-corrected chi connectivity index (χ3v) is 9.87. The molecule has 168 valence electrons. The van der Waals surface area contributed by atoms with Crippen molar-refractivity contribution in [1.29, 1.82) is 0 Å². The van der Waals surface area contributed by atoms with Gasteiger partial charge in [0.1, 0.15) is 34.7 Å². The number of carbonyl (C=O) groups excluding carboxylic acids is 1. The van der Waals surface area contributed by atoms with Crippen LogP contribution in [0.4, 0.5) is 0 Å². The molecule has 4 aromatic rings. The third kappa shape index (κ3) is 5.45. The molecule has 0 spiro atoms. The summed E-state index contributed by atoms with van der Waals surface area (Å²) in [4.78, 5) is 11.4. The van der Waals surface area contributed by atoms with Crippen LogP contribution in [-0.2, 0) is 11.0 Å². The van der Waals surface area contributed by atoms with E-state index in [9.17, 15) is 4.79 Å². The molecule has 0 N–H and O–H groups in total. The molecule has 0 aliphatic carbocycles. The van der Waals surface area contributed by atoms with Crippen LogP contribution in [0.15, 0.2) is 109 Å². The monoisotopic (exact) mass is 476 g/mol. The van der Waals surface area contributed by atoms with Crippen molar-refractivity contribution in [3.63, 3.8) is 0 Å². The molecule has 0 saturated carbocycles. The molecule has 0 heterocycles. The van der Waals surface area contributed by atoms with Crippen molar-refractivity contribution in [2.75, 3.05) is 7.11 Å². The molecule has 3 nitrogen and oxygen atoms in total. The van der Waals surface area contributed by atoms with E-state index in [4.69, 9.17) is 9.47 Å². The Hall–Kier alpha value is -3.13. The minimum atomic E-state index is -2.06. The predicted octanol–water partition coefficient (Wildman–Crippen LogP) is 2.12. The molecule has 0 aliphatic heterocycles. The molecular weight excluding hydrogens is 451 g/mol. The molecule has 0 atom stereocenters. The van der Waals surface area contributed by atoms with Crippen molar-refractivity contribution in [1.82, 2.24) is 0 Å². The van der Waals surface area contributed by atoms with E-state index in [-0.39, 0.29) is 18.4 Å². The largest absolute Gasteiger partial charge is 1.00 e. The fourth-order valence-corrected chi connectivity index (χ4v) is 8.27. The highest BCUT2D eigenvalue weighted by Crippen LogP contribution is 2.58. The lowest BCUT2D eigenvalue weighted by molar-refractivity contribution is -0.131. The Kier molecular flexibility index (Phi) is 8.27.